The fraction of sp³-hybridized carbons (Fsp3) is 0. The van der Waals surface area contributed by atoms with Crippen molar-refractivity contribution in [3.05, 3.63) is 12.3 Å². The Labute approximate surface area is 73.1 Å². The normalized spacial score (nSPS) is 2.67. The quantitative estimate of drug-likeness (QED) is 0.590. The molecule has 0 aliphatic rings. The van der Waals surface area contributed by atoms with Gasteiger partial charge in [-0.15, -0.1) is 63.2 Å². The Balaban J connectivity index is -0.00000000667. The van der Waals surface area contributed by atoms with Crippen LogP contribution in [0.25, 0.3) is 0 Å². The summed E-state index contributed by atoms with van der Waals surface area (Å²) in [5.74, 6) is 0. The smallest absolute Gasteiger partial charge is 0.0283 e. The predicted octanol–water partition coefficient (Wildman–Crippen LogP) is 1.23. The SMILES string of the molecule is Br.Br.Br.C=C[SiH3]. The molecule has 0 unspecified atom stereocenters. The van der Waals surface area contributed by atoms with Crippen LogP contribution in [0.1, 0.15) is 0 Å². The maximum absolute atomic E-state index is 3.42. The lowest BCUT2D eigenvalue weighted by Gasteiger charge is -1.29. The number of hydrogen-bond acceptors (Lipinski definition) is 0. The van der Waals surface area contributed by atoms with E-state index in [0.29, 0.717) is 0 Å². The van der Waals surface area contributed by atoms with Crippen LogP contribution in [0.4, 0.5) is 0 Å². The Morgan fingerprint density at radius 1 is 1.17 bits per heavy atom. The van der Waals surface area contributed by atoms with E-state index in [1.807, 2.05) is 5.70 Å². The molecule has 0 aliphatic heterocycles. The second kappa shape index (κ2) is 32.4. The molecule has 4 heteroatoms. The van der Waals surface area contributed by atoms with Crippen molar-refractivity contribution < 1.29 is 0 Å². The van der Waals surface area contributed by atoms with Gasteiger partial charge in [-0.2, -0.15) is 0 Å². The predicted molar refractivity (Wildman–Crippen MR) is 51.1 cm³/mol. The summed E-state index contributed by atoms with van der Waals surface area (Å²) in [4.78, 5) is 0. The summed E-state index contributed by atoms with van der Waals surface area (Å²) in [5, 5.41) is 0. The molecule has 0 saturated carbocycles. The Bertz CT molecular complexity index is 16.3. The highest BCUT2D eigenvalue weighted by Crippen LogP contribution is 1.24. The standard InChI is InChI=1S/C2H6Si.3BrH/c1-2-3;;;/h2H,1H2,3H3;3*1H. The van der Waals surface area contributed by atoms with E-state index in [0.717, 1.165) is 10.2 Å². The van der Waals surface area contributed by atoms with Crippen LogP contribution in [-0.4, -0.2) is 10.2 Å². The van der Waals surface area contributed by atoms with Gasteiger partial charge in [0.1, 0.15) is 0 Å². The minimum atomic E-state index is 0. The molecule has 0 atom stereocenters. The van der Waals surface area contributed by atoms with E-state index in [-0.39, 0.29) is 50.9 Å². The number of halogens is 3. The molecule has 0 N–H and O–H groups in total. The zero-order chi connectivity index (χ0) is 2.71. The Morgan fingerprint density at radius 3 is 1.17 bits per heavy atom. The highest BCUT2D eigenvalue weighted by Gasteiger charge is 1.16. The first-order chi connectivity index (χ1) is 1.41. The molecule has 6 heavy (non-hydrogen) atoms. The number of rotatable bonds is 0. The molecule has 0 amide bonds. The zero-order valence-corrected chi connectivity index (χ0v) is 10.6. The summed E-state index contributed by atoms with van der Waals surface area (Å²) >= 11 is 0. The van der Waals surface area contributed by atoms with E-state index < -0.39 is 0 Å². The van der Waals surface area contributed by atoms with Crippen molar-refractivity contribution in [2.45, 2.75) is 0 Å². The largest absolute Gasteiger partial charge is 0.114 e. The van der Waals surface area contributed by atoms with Gasteiger partial charge in [-0.25, -0.2) is 0 Å². The van der Waals surface area contributed by atoms with Crippen LogP contribution in [0.5, 0.6) is 0 Å². The molecule has 0 spiro atoms. The Hall–Kier alpha value is 1.40. The lowest BCUT2D eigenvalue weighted by atomic mass is 11.3. The molecule has 0 aliphatic carbocycles. The van der Waals surface area contributed by atoms with Crippen molar-refractivity contribution >= 4 is 61.2 Å². The van der Waals surface area contributed by atoms with E-state index in [4.69, 9.17) is 0 Å². The molecule has 0 heterocycles. The molecular formula is C2H9Br3Si. The zero-order valence-electron chi connectivity index (χ0n) is 3.51. The van der Waals surface area contributed by atoms with E-state index in [1.54, 1.807) is 0 Å². The van der Waals surface area contributed by atoms with Crippen LogP contribution in [0.15, 0.2) is 12.3 Å². The Morgan fingerprint density at radius 2 is 1.17 bits per heavy atom. The molecule has 0 rings (SSSR count). The van der Waals surface area contributed by atoms with E-state index in [9.17, 15) is 0 Å². The summed E-state index contributed by atoms with van der Waals surface area (Å²) in [7, 11) is 1.13. The molecule has 0 bridgehead atoms. The van der Waals surface area contributed by atoms with Gasteiger partial charge in [0.2, 0.25) is 0 Å². The van der Waals surface area contributed by atoms with Gasteiger partial charge in [-0.05, 0) is 0 Å². The van der Waals surface area contributed by atoms with Gasteiger partial charge in [0, 0.05) is 10.2 Å². The first-order valence-corrected chi connectivity index (χ1v) is 2.14. The van der Waals surface area contributed by atoms with Gasteiger partial charge in [0.25, 0.3) is 0 Å². The average Bonchev–Trinajstić information content (AvgIpc) is 0.918. The second-order valence-electron chi connectivity index (χ2n) is 0.408. The monoisotopic (exact) mass is 298 g/mol. The molecule has 0 fully saturated rings. The van der Waals surface area contributed by atoms with Crippen molar-refractivity contribution in [1.29, 1.82) is 0 Å². The fourth-order valence-corrected chi connectivity index (χ4v) is 0. The third-order valence-electron chi connectivity index (χ3n) is 0. The molecule has 0 nitrogen and oxygen atoms in total. The van der Waals surface area contributed by atoms with Crippen molar-refractivity contribution in [1.82, 2.24) is 0 Å². The van der Waals surface area contributed by atoms with Crippen LogP contribution >= 0.6 is 50.9 Å². The number of hydrogen-bond donors (Lipinski definition) is 0. The summed E-state index contributed by atoms with van der Waals surface area (Å²) in [5.41, 5.74) is 1.89. The fourth-order valence-electron chi connectivity index (χ4n) is 0. The summed E-state index contributed by atoms with van der Waals surface area (Å²) < 4.78 is 0. The summed E-state index contributed by atoms with van der Waals surface area (Å²) in [6.45, 7) is 3.42. The molecule has 0 aromatic heterocycles. The first-order valence-electron chi connectivity index (χ1n) is 0.986. The molecule has 0 radical (unpaired) electrons. The van der Waals surface area contributed by atoms with Gasteiger partial charge < -0.3 is 0 Å². The average molecular weight is 301 g/mol. The van der Waals surface area contributed by atoms with Gasteiger partial charge in [0.05, 0.1) is 0 Å². The van der Waals surface area contributed by atoms with Crippen molar-refractivity contribution in [3.8, 4) is 0 Å². The Kier molecular flexibility index (Phi) is 142. The molecule has 0 saturated heterocycles. The van der Waals surface area contributed by atoms with Crippen LogP contribution in [0.3, 0.4) is 0 Å². The van der Waals surface area contributed by atoms with Crippen LogP contribution < -0.4 is 0 Å². The molecule has 0 aromatic rings. The van der Waals surface area contributed by atoms with Crippen molar-refractivity contribution in [3.63, 3.8) is 0 Å². The lowest BCUT2D eigenvalue weighted by molar-refractivity contribution is 2.63. The highest BCUT2D eigenvalue weighted by molar-refractivity contribution is 8.93. The second-order valence-corrected chi connectivity index (χ2v) is 1.22. The van der Waals surface area contributed by atoms with Gasteiger partial charge >= 0.3 is 0 Å². The van der Waals surface area contributed by atoms with Crippen molar-refractivity contribution in [2.75, 3.05) is 0 Å². The summed E-state index contributed by atoms with van der Waals surface area (Å²) in [6.07, 6.45) is 0. The van der Waals surface area contributed by atoms with E-state index in [2.05, 4.69) is 6.58 Å². The van der Waals surface area contributed by atoms with E-state index in [1.165, 1.54) is 0 Å². The van der Waals surface area contributed by atoms with Crippen LogP contribution in [0, 0.1) is 0 Å². The van der Waals surface area contributed by atoms with Gasteiger partial charge in [0.15, 0.2) is 0 Å². The summed E-state index contributed by atoms with van der Waals surface area (Å²) in [6, 6.07) is 0. The lowest BCUT2D eigenvalue weighted by Crippen LogP contribution is -1.29. The van der Waals surface area contributed by atoms with Crippen LogP contribution in [-0.2, 0) is 0 Å². The molecule has 0 aromatic carbocycles. The molecular weight excluding hydrogens is 292 g/mol. The van der Waals surface area contributed by atoms with Gasteiger partial charge in [-0.1, -0.05) is 0 Å². The highest BCUT2D eigenvalue weighted by atomic mass is 79.9. The van der Waals surface area contributed by atoms with Gasteiger partial charge in [-0.3, -0.25) is 0 Å². The van der Waals surface area contributed by atoms with Crippen molar-refractivity contribution in [2.24, 2.45) is 0 Å². The maximum Gasteiger partial charge on any atom is 0.0283 e. The van der Waals surface area contributed by atoms with Crippen LogP contribution in [0.2, 0.25) is 0 Å². The first kappa shape index (κ1) is 26.2. The topological polar surface area (TPSA) is 0 Å². The third kappa shape index (κ3) is 53.5. The minimum absolute atomic E-state index is 0. The maximum atomic E-state index is 3.42. The third-order valence-corrected chi connectivity index (χ3v) is 0. The molecule has 42 valence electrons. The minimum Gasteiger partial charge on any atom is -0.114 e. The van der Waals surface area contributed by atoms with E-state index >= 15 is 0 Å².